The molecule has 0 aliphatic rings. The zero-order valence-electron chi connectivity index (χ0n) is 9.31. The van der Waals surface area contributed by atoms with Crippen LogP contribution in [-0.2, 0) is 6.42 Å². The zero-order chi connectivity index (χ0) is 12.1. The van der Waals surface area contributed by atoms with Crippen LogP contribution in [0.15, 0.2) is 54.6 Å². The molecule has 0 bridgehead atoms. The fraction of sp³-hybridized carbons (Fsp3) is 0.133. The van der Waals surface area contributed by atoms with Gasteiger partial charge in [0.25, 0.3) is 0 Å². The van der Waals surface area contributed by atoms with Gasteiger partial charge < -0.3 is 0 Å². The smallest absolute Gasteiger partial charge is 0.0994 e. The van der Waals surface area contributed by atoms with Gasteiger partial charge in [-0.2, -0.15) is 5.26 Å². The van der Waals surface area contributed by atoms with Gasteiger partial charge in [-0.1, -0.05) is 64.5 Å². The first-order valence-corrected chi connectivity index (χ1v) is 6.40. The summed E-state index contributed by atoms with van der Waals surface area (Å²) in [4.78, 5) is 0.181. The Labute approximate surface area is 110 Å². The number of benzene rings is 2. The van der Waals surface area contributed by atoms with Crippen molar-refractivity contribution in [1.82, 2.24) is 0 Å². The molecule has 0 saturated heterocycles. The van der Waals surface area contributed by atoms with Crippen LogP contribution in [-0.4, -0.2) is 0 Å². The molecule has 0 radical (unpaired) electrons. The minimum Gasteiger partial charge on any atom is -0.192 e. The van der Waals surface area contributed by atoms with Crippen molar-refractivity contribution in [2.45, 2.75) is 11.2 Å². The van der Waals surface area contributed by atoms with Crippen LogP contribution < -0.4 is 0 Å². The Morgan fingerprint density at radius 1 is 1.00 bits per heavy atom. The molecule has 0 heterocycles. The molecule has 0 amide bonds. The Kier molecular flexibility index (Phi) is 3.95. The average Bonchev–Trinajstić information content (AvgIpc) is 2.40. The normalized spacial score (nSPS) is 11.8. The minimum absolute atomic E-state index is 0.181. The lowest BCUT2D eigenvalue weighted by molar-refractivity contribution is 0.945. The molecule has 0 N–H and O–H groups in total. The molecule has 84 valence electrons. The standard InChI is InChI=1S/C15H12BrN/c16-15(10-12-6-2-1-3-7-12)14-9-5-4-8-13(14)11-17/h1-9,15H,10H2. The summed E-state index contributed by atoms with van der Waals surface area (Å²) in [5.74, 6) is 0. The van der Waals surface area contributed by atoms with Gasteiger partial charge in [0.05, 0.1) is 11.6 Å². The number of nitrogens with zero attached hydrogens (tertiary/aromatic N) is 1. The third-order valence-corrected chi connectivity index (χ3v) is 3.49. The van der Waals surface area contributed by atoms with E-state index in [0.717, 1.165) is 17.5 Å². The van der Waals surface area contributed by atoms with Crippen LogP contribution in [0.3, 0.4) is 0 Å². The third-order valence-electron chi connectivity index (χ3n) is 2.68. The van der Waals surface area contributed by atoms with Crippen molar-refractivity contribution in [2.75, 3.05) is 0 Å². The number of alkyl halides is 1. The molecular weight excluding hydrogens is 274 g/mol. The van der Waals surface area contributed by atoms with E-state index in [2.05, 4.69) is 34.1 Å². The van der Waals surface area contributed by atoms with Gasteiger partial charge in [-0.05, 0) is 23.6 Å². The van der Waals surface area contributed by atoms with Crippen molar-refractivity contribution < 1.29 is 0 Å². The topological polar surface area (TPSA) is 23.8 Å². The second kappa shape index (κ2) is 5.65. The van der Waals surface area contributed by atoms with E-state index < -0.39 is 0 Å². The van der Waals surface area contributed by atoms with Gasteiger partial charge >= 0.3 is 0 Å². The van der Waals surface area contributed by atoms with E-state index in [1.165, 1.54) is 5.56 Å². The molecule has 0 aliphatic heterocycles. The summed E-state index contributed by atoms with van der Waals surface area (Å²) in [7, 11) is 0. The Morgan fingerprint density at radius 2 is 1.65 bits per heavy atom. The van der Waals surface area contributed by atoms with Crippen LogP contribution in [0.1, 0.15) is 21.5 Å². The van der Waals surface area contributed by atoms with Crippen molar-refractivity contribution >= 4 is 15.9 Å². The highest BCUT2D eigenvalue weighted by atomic mass is 79.9. The molecule has 2 heteroatoms. The number of hydrogen-bond donors (Lipinski definition) is 0. The molecule has 0 fully saturated rings. The summed E-state index contributed by atoms with van der Waals surface area (Å²) < 4.78 is 0. The third kappa shape index (κ3) is 2.95. The second-order valence-corrected chi connectivity index (χ2v) is 4.96. The van der Waals surface area contributed by atoms with E-state index in [0.29, 0.717) is 0 Å². The van der Waals surface area contributed by atoms with Gasteiger partial charge in [-0.15, -0.1) is 0 Å². The first-order chi connectivity index (χ1) is 8.31. The van der Waals surface area contributed by atoms with E-state index in [1.807, 2.05) is 42.5 Å². The highest BCUT2D eigenvalue weighted by Gasteiger charge is 2.11. The van der Waals surface area contributed by atoms with Crippen LogP contribution in [0.2, 0.25) is 0 Å². The van der Waals surface area contributed by atoms with E-state index in [4.69, 9.17) is 5.26 Å². The van der Waals surface area contributed by atoms with Gasteiger partial charge in [-0.3, -0.25) is 0 Å². The molecule has 2 aromatic carbocycles. The van der Waals surface area contributed by atoms with Gasteiger partial charge in [0, 0.05) is 4.83 Å². The lowest BCUT2D eigenvalue weighted by Crippen LogP contribution is -1.98. The second-order valence-electron chi connectivity index (χ2n) is 3.86. The maximum absolute atomic E-state index is 9.06. The summed E-state index contributed by atoms with van der Waals surface area (Å²) in [6.07, 6.45) is 0.888. The number of nitriles is 1. The van der Waals surface area contributed by atoms with Crippen molar-refractivity contribution in [3.63, 3.8) is 0 Å². The maximum atomic E-state index is 9.06. The molecule has 1 atom stereocenters. The maximum Gasteiger partial charge on any atom is 0.0994 e. The molecule has 2 rings (SSSR count). The van der Waals surface area contributed by atoms with Gasteiger partial charge in [0.15, 0.2) is 0 Å². The van der Waals surface area contributed by atoms with E-state index in [1.54, 1.807) is 0 Å². The van der Waals surface area contributed by atoms with Crippen molar-refractivity contribution in [3.05, 3.63) is 71.3 Å². The molecule has 0 spiro atoms. The number of halogens is 1. The van der Waals surface area contributed by atoms with Gasteiger partial charge in [0.1, 0.15) is 0 Å². The first-order valence-electron chi connectivity index (χ1n) is 5.48. The molecule has 0 saturated carbocycles. The van der Waals surface area contributed by atoms with E-state index >= 15 is 0 Å². The summed E-state index contributed by atoms with van der Waals surface area (Å²) in [5.41, 5.74) is 3.06. The largest absolute Gasteiger partial charge is 0.192 e. The number of hydrogen-bond acceptors (Lipinski definition) is 1. The Hall–Kier alpha value is -1.59. The highest BCUT2D eigenvalue weighted by Crippen LogP contribution is 2.29. The molecular formula is C15H12BrN. The number of rotatable bonds is 3. The summed E-state index contributed by atoms with van der Waals surface area (Å²) in [5, 5.41) is 9.06. The molecule has 0 aliphatic carbocycles. The van der Waals surface area contributed by atoms with Crippen molar-refractivity contribution in [3.8, 4) is 6.07 Å². The molecule has 1 unspecified atom stereocenters. The van der Waals surface area contributed by atoms with Crippen LogP contribution in [0.5, 0.6) is 0 Å². The predicted octanol–water partition coefficient (Wildman–Crippen LogP) is 4.24. The van der Waals surface area contributed by atoms with E-state index in [-0.39, 0.29) is 4.83 Å². The molecule has 1 nitrogen and oxygen atoms in total. The van der Waals surface area contributed by atoms with Crippen LogP contribution in [0, 0.1) is 11.3 Å². The van der Waals surface area contributed by atoms with Crippen molar-refractivity contribution in [1.29, 1.82) is 5.26 Å². The van der Waals surface area contributed by atoms with Crippen LogP contribution in [0.4, 0.5) is 0 Å². The summed E-state index contributed by atoms with van der Waals surface area (Å²) in [6.45, 7) is 0. The summed E-state index contributed by atoms with van der Waals surface area (Å²) >= 11 is 3.66. The quantitative estimate of drug-likeness (QED) is 0.774. The van der Waals surface area contributed by atoms with E-state index in [9.17, 15) is 0 Å². The van der Waals surface area contributed by atoms with Gasteiger partial charge in [0.2, 0.25) is 0 Å². The van der Waals surface area contributed by atoms with Crippen LogP contribution in [0.25, 0.3) is 0 Å². The monoisotopic (exact) mass is 285 g/mol. The molecule has 0 aromatic heterocycles. The Balaban J connectivity index is 2.21. The lowest BCUT2D eigenvalue weighted by Gasteiger charge is -2.11. The Morgan fingerprint density at radius 3 is 2.35 bits per heavy atom. The molecule has 17 heavy (non-hydrogen) atoms. The lowest BCUT2D eigenvalue weighted by atomic mass is 10.0. The van der Waals surface area contributed by atoms with Crippen LogP contribution >= 0.6 is 15.9 Å². The fourth-order valence-corrected chi connectivity index (χ4v) is 2.58. The van der Waals surface area contributed by atoms with Crippen molar-refractivity contribution in [2.24, 2.45) is 0 Å². The Bertz CT molecular complexity index is 528. The average molecular weight is 286 g/mol. The minimum atomic E-state index is 0.181. The van der Waals surface area contributed by atoms with Gasteiger partial charge in [-0.25, -0.2) is 0 Å². The summed E-state index contributed by atoms with van der Waals surface area (Å²) in [6, 6.07) is 20.2. The first kappa shape index (κ1) is 11.9. The predicted molar refractivity (Wildman–Crippen MR) is 73.0 cm³/mol. The highest BCUT2D eigenvalue weighted by molar-refractivity contribution is 9.09. The zero-order valence-corrected chi connectivity index (χ0v) is 10.9. The molecule has 2 aromatic rings. The SMILES string of the molecule is N#Cc1ccccc1C(Br)Cc1ccccc1. The fourth-order valence-electron chi connectivity index (χ4n) is 1.80.